The second-order valence-electron chi connectivity index (χ2n) is 9.29. The van der Waals surface area contributed by atoms with Crippen LogP contribution >= 0.6 is 35.6 Å². The van der Waals surface area contributed by atoms with E-state index in [9.17, 15) is 0 Å². The number of piperidine rings is 1. The molecule has 5 heteroatoms. The first kappa shape index (κ1) is 22.4. The van der Waals surface area contributed by atoms with Crippen molar-refractivity contribution >= 4 is 35.6 Å². The third kappa shape index (κ3) is 4.27. The van der Waals surface area contributed by atoms with Gasteiger partial charge in [0.1, 0.15) is 0 Å². The van der Waals surface area contributed by atoms with E-state index in [0.717, 1.165) is 23.1 Å². The van der Waals surface area contributed by atoms with Crippen molar-refractivity contribution in [2.24, 2.45) is 5.92 Å². The smallest absolute Gasteiger partial charge is 0.0406 e. The van der Waals surface area contributed by atoms with Crippen LogP contribution in [0.15, 0.2) is 48.5 Å². The maximum atomic E-state index is 6.22. The Kier molecular flexibility index (Phi) is 7.01. The Morgan fingerprint density at radius 1 is 0.767 bits per heavy atom. The van der Waals surface area contributed by atoms with E-state index in [0.29, 0.717) is 17.8 Å². The molecule has 4 fully saturated rings. The minimum Gasteiger partial charge on any atom is -0.315 e. The van der Waals surface area contributed by atoms with Crippen molar-refractivity contribution in [1.82, 2.24) is 10.2 Å². The molecule has 162 valence electrons. The molecule has 3 heterocycles. The average molecular weight is 466 g/mol. The van der Waals surface area contributed by atoms with E-state index in [-0.39, 0.29) is 17.9 Å². The van der Waals surface area contributed by atoms with Crippen LogP contribution in [0.5, 0.6) is 0 Å². The Morgan fingerprint density at radius 2 is 1.27 bits per heavy atom. The van der Waals surface area contributed by atoms with Crippen LogP contribution in [0, 0.1) is 5.92 Å². The molecule has 2 bridgehead atoms. The van der Waals surface area contributed by atoms with Gasteiger partial charge in [-0.1, -0.05) is 53.9 Å². The van der Waals surface area contributed by atoms with Crippen LogP contribution in [-0.4, -0.2) is 36.6 Å². The van der Waals surface area contributed by atoms with Crippen LogP contribution in [0.3, 0.4) is 0 Å². The summed E-state index contributed by atoms with van der Waals surface area (Å²) in [7, 11) is 0. The molecule has 3 saturated heterocycles. The molecule has 0 radical (unpaired) electrons. The van der Waals surface area contributed by atoms with Crippen molar-refractivity contribution in [3.8, 4) is 0 Å². The minimum absolute atomic E-state index is 0. The first-order valence-electron chi connectivity index (χ1n) is 11.1. The van der Waals surface area contributed by atoms with Crippen molar-refractivity contribution in [2.75, 3.05) is 26.2 Å². The van der Waals surface area contributed by atoms with E-state index in [4.69, 9.17) is 23.2 Å². The SMILES string of the molecule is Cl.Clc1ccc(C2CC3(N4CCCCC4)CNCC2C(c2ccc(Cl)cc2)C3)cc1. The Morgan fingerprint density at radius 3 is 1.77 bits per heavy atom. The summed E-state index contributed by atoms with van der Waals surface area (Å²) in [4.78, 5) is 2.83. The normalized spacial score (nSPS) is 31.7. The van der Waals surface area contributed by atoms with Crippen LogP contribution < -0.4 is 5.32 Å². The number of likely N-dealkylation sites (tertiary alicyclic amines) is 1. The van der Waals surface area contributed by atoms with Gasteiger partial charge in [0.25, 0.3) is 0 Å². The van der Waals surface area contributed by atoms with E-state index >= 15 is 0 Å². The molecule has 2 aromatic rings. The average Bonchev–Trinajstić information content (AvgIpc) is 3.07. The van der Waals surface area contributed by atoms with Crippen LogP contribution in [0.25, 0.3) is 0 Å². The molecule has 4 aliphatic rings. The second-order valence-corrected chi connectivity index (χ2v) is 10.2. The number of hydrogen-bond donors (Lipinski definition) is 1. The number of nitrogens with zero attached hydrogens (tertiary/aromatic N) is 1. The summed E-state index contributed by atoms with van der Waals surface area (Å²) in [5, 5.41) is 5.53. The predicted molar refractivity (Wildman–Crippen MR) is 129 cm³/mol. The van der Waals surface area contributed by atoms with Gasteiger partial charge in [-0.05, 0) is 98.5 Å². The molecular formula is C25H31Cl3N2. The van der Waals surface area contributed by atoms with Gasteiger partial charge in [-0.15, -0.1) is 12.4 Å². The molecule has 0 amide bonds. The third-order valence-corrected chi connectivity index (χ3v) is 8.19. The number of rotatable bonds is 3. The zero-order valence-electron chi connectivity index (χ0n) is 17.3. The maximum Gasteiger partial charge on any atom is 0.0406 e. The van der Waals surface area contributed by atoms with Crippen molar-refractivity contribution < 1.29 is 0 Å². The topological polar surface area (TPSA) is 15.3 Å². The summed E-state index contributed by atoms with van der Waals surface area (Å²) in [6.07, 6.45) is 6.54. The summed E-state index contributed by atoms with van der Waals surface area (Å²) >= 11 is 12.4. The highest BCUT2D eigenvalue weighted by Crippen LogP contribution is 2.53. The molecule has 0 spiro atoms. The molecular weight excluding hydrogens is 435 g/mol. The van der Waals surface area contributed by atoms with Crippen molar-refractivity contribution in [3.63, 3.8) is 0 Å². The van der Waals surface area contributed by atoms with Gasteiger partial charge in [0, 0.05) is 22.1 Å². The fraction of sp³-hybridized carbons (Fsp3) is 0.520. The molecule has 2 nitrogen and oxygen atoms in total. The molecule has 6 rings (SSSR count). The number of halogens is 3. The number of fused-ring (bicyclic) bond motifs is 4. The number of nitrogens with one attached hydrogen (secondary N) is 1. The highest BCUT2D eigenvalue weighted by Gasteiger charge is 2.51. The summed E-state index contributed by atoms with van der Waals surface area (Å²) < 4.78 is 0. The molecule has 2 aromatic carbocycles. The van der Waals surface area contributed by atoms with Gasteiger partial charge in [0.05, 0.1) is 0 Å². The van der Waals surface area contributed by atoms with E-state index < -0.39 is 0 Å². The van der Waals surface area contributed by atoms with Gasteiger partial charge in [-0.3, -0.25) is 4.90 Å². The Hall–Kier alpha value is -0.770. The minimum atomic E-state index is 0. The fourth-order valence-electron chi connectivity index (χ4n) is 6.27. The zero-order chi connectivity index (χ0) is 19.8. The Balaban J connectivity index is 0.00000218. The molecule has 30 heavy (non-hydrogen) atoms. The Labute approximate surface area is 196 Å². The second kappa shape index (κ2) is 9.38. The van der Waals surface area contributed by atoms with Gasteiger partial charge in [-0.2, -0.15) is 0 Å². The summed E-state index contributed by atoms with van der Waals surface area (Å²) in [6, 6.07) is 17.3. The van der Waals surface area contributed by atoms with Gasteiger partial charge in [0.2, 0.25) is 0 Å². The summed E-state index contributed by atoms with van der Waals surface area (Å²) in [6.45, 7) is 4.67. The third-order valence-electron chi connectivity index (χ3n) is 7.69. The van der Waals surface area contributed by atoms with Gasteiger partial charge in [-0.25, -0.2) is 0 Å². The highest BCUT2D eigenvalue weighted by atomic mass is 35.5. The van der Waals surface area contributed by atoms with Crippen LogP contribution in [0.1, 0.15) is 55.1 Å². The van der Waals surface area contributed by atoms with E-state index in [1.807, 2.05) is 0 Å². The van der Waals surface area contributed by atoms with Crippen molar-refractivity contribution in [1.29, 1.82) is 0 Å². The van der Waals surface area contributed by atoms with Gasteiger partial charge >= 0.3 is 0 Å². The summed E-state index contributed by atoms with van der Waals surface area (Å²) in [5.41, 5.74) is 3.13. The summed E-state index contributed by atoms with van der Waals surface area (Å²) in [5.74, 6) is 1.70. The monoisotopic (exact) mass is 464 g/mol. The highest BCUT2D eigenvalue weighted by molar-refractivity contribution is 6.30. The lowest BCUT2D eigenvalue weighted by atomic mass is 9.61. The standard InChI is InChI=1S/C25H30Cl2N2.ClH/c26-20-8-4-18(5-9-20)22-14-25(29-12-2-1-3-13-29)15-23(24(22)16-28-17-25)19-6-10-21(27)11-7-19;/h4-11,22-24,28H,1-3,12-17H2;1H. The van der Waals surface area contributed by atoms with Gasteiger partial charge in [0.15, 0.2) is 0 Å². The molecule has 2 atom stereocenters. The lowest BCUT2D eigenvalue weighted by Crippen LogP contribution is -2.57. The molecule has 2 unspecified atom stereocenters. The van der Waals surface area contributed by atoms with E-state index in [2.05, 4.69) is 58.7 Å². The van der Waals surface area contributed by atoms with Crippen LogP contribution in [0.4, 0.5) is 0 Å². The molecule has 3 aliphatic heterocycles. The Bertz CT molecular complexity index is 775. The quantitative estimate of drug-likeness (QED) is 0.555. The van der Waals surface area contributed by atoms with Crippen molar-refractivity contribution in [2.45, 2.75) is 49.5 Å². The first-order valence-corrected chi connectivity index (χ1v) is 11.9. The first-order chi connectivity index (χ1) is 14.1. The van der Waals surface area contributed by atoms with E-state index in [1.165, 1.54) is 56.3 Å². The zero-order valence-corrected chi connectivity index (χ0v) is 19.7. The fourth-order valence-corrected chi connectivity index (χ4v) is 6.53. The number of hydrogen-bond acceptors (Lipinski definition) is 2. The molecule has 0 aromatic heterocycles. The van der Waals surface area contributed by atoms with E-state index in [1.54, 1.807) is 0 Å². The van der Waals surface area contributed by atoms with Gasteiger partial charge < -0.3 is 5.32 Å². The van der Waals surface area contributed by atoms with Crippen molar-refractivity contribution in [3.05, 3.63) is 69.7 Å². The predicted octanol–water partition coefficient (Wildman–Crippen LogP) is 6.52. The lowest BCUT2D eigenvalue weighted by molar-refractivity contribution is 0.0209. The number of benzene rings is 2. The van der Waals surface area contributed by atoms with Crippen LogP contribution in [-0.2, 0) is 0 Å². The largest absolute Gasteiger partial charge is 0.315 e. The molecule has 1 N–H and O–H groups in total. The van der Waals surface area contributed by atoms with Crippen LogP contribution in [0.2, 0.25) is 10.0 Å². The maximum absolute atomic E-state index is 6.22. The molecule has 1 aliphatic carbocycles. The molecule has 1 saturated carbocycles. The lowest BCUT2D eigenvalue weighted by Gasteiger charge is -2.52.